The van der Waals surface area contributed by atoms with Crippen LogP contribution in [-0.2, 0) is 17.6 Å². The molecule has 3 heteroatoms. The van der Waals surface area contributed by atoms with Crippen molar-refractivity contribution < 1.29 is 9.90 Å². The molecule has 0 saturated carbocycles. The van der Waals surface area contributed by atoms with E-state index < -0.39 is 6.10 Å². The third-order valence-electron chi connectivity index (χ3n) is 2.62. The number of aryl methyl sites for hydroxylation is 2. The quantitative estimate of drug-likeness (QED) is 0.818. The first-order chi connectivity index (χ1) is 7.58. The molecule has 0 aliphatic heterocycles. The molecule has 88 valence electrons. The maximum absolute atomic E-state index is 11.3. The molecule has 0 heterocycles. The van der Waals surface area contributed by atoms with E-state index in [1.165, 1.54) is 18.1 Å². The molecular formula is C13H19NO2. The monoisotopic (exact) mass is 221 g/mol. The largest absolute Gasteiger partial charge is 0.384 e. The summed E-state index contributed by atoms with van der Waals surface area (Å²) in [7, 11) is 0. The lowest BCUT2D eigenvalue weighted by atomic mass is 10.0. The fraction of sp³-hybridized carbons (Fsp3) is 0.462. The maximum atomic E-state index is 11.3. The van der Waals surface area contributed by atoms with Gasteiger partial charge in [-0.2, -0.15) is 0 Å². The average Bonchev–Trinajstić information content (AvgIpc) is 2.28. The van der Waals surface area contributed by atoms with Gasteiger partial charge in [-0.05, 0) is 43.0 Å². The molecule has 0 saturated heterocycles. The second kappa shape index (κ2) is 5.66. The molecule has 0 aromatic heterocycles. The molecule has 0 radical (unpaired) electrons. The van der Waals surface area contributed by atoms with Gasteiger partial charge in [-0.3, -0.25) is 4.79 Å². The highest BCUT2D eigenvalue weighted by molar-refractivity contribution is 5.93. The highest BCUT2D eigenvalue weighted by Crippen LogP contribution is 2.17. The minimum absolute atomic E-state index is 0.369. The zero-order chi connectivity index (χ0) is 12.1. The van der Waals surface area contributed by atoms with Crippen LogP contribution in [0.4, 0.5) is 5.69 Å². The molecule has 1 aromatic rings. The highest BCUT2D eigenvalue weighted by atomic mass is 16.3. The fourth-order valence-corrected chi connectivity index (χ4v) is 1.62. The van der Waals surface area contributed by atoms with E-state index in [2.05, 4.69) is 19.2 Å². The van der Waals surface area contributed by atoms with Gasteiger partial charge < -0.3 is 10.4 Å². The van der Waals surface area contributed by atoms with E-state index in [-0.39, 0.29) is 5.91 Å². The molecule has 1 aromatic carbocycles. The van der Waals surface area contributed by atoms with Gasteiger partial charge in [-0.25, -0.2) is 0 Å². The van der Waals surface area contributed by atoms with Crippen molar-refractivity contribution in [3.05, 3.63) is 29.3 Å². The van der Waals surface area contributed by atoms with Crippen LogP contribution in [0.15, 0.2) is 18.2 Å². The van der Waals surface area contributed by atoms with Crippen LogP contribution in [0.5, 0.6) is 0 Å². The number of aliphatic hydroxyl groups is 1. The molecule has 0 spiro atoms. The molecule has 0 fully saturated rings. The van der Waals surface area contributed by atoms with Crippen LogP contribution >= 0.6 is 0 Å². The van der Waals surface area contributed by atoms with Crippen LogP contribution in [0.1, 0.15) is 31.9 Å². The summed E-state index contributed by atoms with van der Waals surface area (Å²) in [5.74, 6) is -0.369. The summed E-state index contributed by atoms with van der Waals surface area (Å²) in [5.41, 5.74) is 3.29. The molecule has 0 bridgehead atoms. The van der Waals surface area contributed by atoms with Gasteiger partial charge in [0.15, 0.2) is 0 Å². The first-order valence-corrected chi connectivity index (χ1v) is 5.69. The van der Waals surface area contributed by atoms with Gasteiger partial charge in [-0.15, -0.1) is 0 Å². The van der Waals surface area contributed by atoms with Crippen molar-refractivity contribution in [1.29, 1.82) is 0 Å². The van der Waals surface area contributed by atoms with Crippen LogP contribution in [0.25, 0.3) is 0 Å². The lowest BCUT2D eigenvalue weighted by molar-refractivity contribution is -0.123. The summed E-state index contributed by atoms with van der Waals surface area (Å²) >= 11 is 0. The predicted molar refractivity (Wildman–Crippen MR) is 65.5 cm³/mol. The predicted octanol–water partition coefficient (Wildman–Crippen LogP) is 2.13. The van der Waals surface area contributed by atoms with Crippen LogP contribution in [0, 0.1) is 0 Å². The Morgan fingerprint density at radius 2 is 1.94 bits per heavy atom. The highest BCUT2D eigenvalue weighted by Gasteiger charge is 2.09. The van der Waals surface area contributed by atoms with E-state index in [0.717, 1.165) is 18.5 Å². The Kier molecular flexibility index (Phi) is 4.50. The molecule has 1 atom stereocenters. The summed E-state index contributed by atoms with van der Waals surface area (Å²) < 4.78 is 0. The lowest BCUT2D eigenvalue weighted by Crippen LogP contribution is -2.24. The van der Waals surface area contributed by atoms with Crippen LogP contribution in [0.3, 0.4) is 0 Å². The minimum atomic E-state index is -0.976. The van der Waals surface area contributed by atoms with E-state index in [1.54, 1.807) is 0 Å². The van der Waals surface area contributed by atoms with Gasteiger partial charge in [0, 0.05) is 5.69 Å². The van der Waals surface area contributed by atoms with Crippen molar-refractivity contribution in [2.75, 3.05) is 5.32 Å². The summed E-state index contributed by atoms with van der Waals surface area (Å²) in [6, 6.07) is 5.87. The number of carbonyl (C=O) groups is 1. The first kappa shape index (κ1) is 12.7. The molecule has 2 N–H and O–H groups in total. The normalized spacial score (nSPS) is 12.2. The Morgan fingerprint density at radius 3 is 2.44 bits per heavy atom. The SMILES string of the molecule is CCc1ccc(NC(=O)[C@H](C)O)cc1CC. The third kappa shape index (κ3) is 3.07. The average molecular weight is 221 g/mol. The molecule has 0 aliphatic carbocycles. The van der Waals surface area contributed by atoms with Crippen molar-refractivity contribution in [1.82, 2.24) is 0 Å². The molecule has 0 unspecified atom stereocenters. The molecule has 0 aliphatic rings. The van der Waals surface area contributed by atoms with Crippen molar-refractivity contribution in [2.24, 2.45) is 0 Å². The zero-order valence-corrected chi connectivity index (χ0v) is 10.1. The smallest absolute Gasteiger partial charge is 0.252 e. The zero-order valence-electron chi connectivity index (χ0n) is 10.1. The molecule has 1 amide bonds. The number of hydrogen-bond donors (Lipinski definition) is 2. The second-order valence-electron chi connectivity index (χ2n) is 3.86. The van der Waals surface area contributed by atoms with Crippen molar-refractivity contribution in [2.45, 2.75) is 39.7 Å². The van der Waals surface area contributed by atoms with Gasteiger partial charge in [0.05, 0.1) is 0 Å². The Morgan fingerprint density at radius 1 is 1.31 bits per heavy atom. The Bertz CT molecular complexity index is 372. The minimum Gasteiger partial charge on any atom is -0.384 e. The van der Waals surface area contributed by atoms with E-state index in [4.69, 9.17) is 5.11 Å². The third-order valence-corrected chi connectivity index (χ3v) is 2.62. The maximum Gasteiger partial charge on any atom is 0.252 e. The van der Waals surface area contributed by atoms with Crippen LogP contribution in [0.2, 0.25) is 0 Å². The number of amides is 1. The number of anilines is 1. The van der Waals surface area contributed by atoms with E-state index >= 15 is 0 Å². The summed E-state index contributed by atoms with van der Waals surface area (Å²) in [6.07, 6.45) is 0.964. The van der Waals surface area contributed by atoms with Crippen molar-refractivity contribution >= 4 is 11.6 Å². The van der Waals surface area contributed by atoms with E-state index in [9.17, 15) is 4.79 Å². The first-order valence-electron chi connectivity index (χ1n) is 5.69. The fourth-order valence-electron chi connectivity index (χ4n) is 1.62. The van der Waals surface area contributed by atoms with E-state index in [0.29, 0.717) is 0 Å². The van der Waals surface area contributed by atoms with Gasteiger partial charge in [0.2, 0.25) is 0 Å². The number of rotatable bonds is 4. The number of hydrogen-bond acceptors (Lipinski definition) is 2. The van der Waals surface area contributed by atoms with Crippen molar-refractivity contribution in [3.8, 4) is 0 Å². The van der Waals surface area contributed by atoms with Gasteiger partial charge in [-0.1, -0.05) is 19.9 Å². The molecule has 16 heavy (non-hydrogen) atoms. The summed E-state index contributed by atoms with van der Waals surface area (Å²) in [4.78, 5) is 11.3. The van der Waals surface area contributed by atoms with Crippen LogP contribution < -0.4 is 5.32 Å². The van der Waals surface area contributed by atoms with Gasteiger partial charge in [0.1, 0.15) is 6.10 Å². The Balaban J connectivity index is 2.87. The topological polar surface area (TPSA) is 49.3 Å². The number of nitrogens with one attached hydrogen (secondary N) is 1. The molecular weight excluding hydrogens is 202 g/mol. The Labute approximate surface area is 96.5 Å². The molecule has 1 rings (SSSR count). The standard InChI is InChI=1S/C13H19NO2/c1-4-10-6-7-12(8-11(10)5-2)14-13(16)9(3)15/h6-9,15H,4-5H2,1-3H3,(H,14,16)/t9-/m0/s1. The summed E-state index contributed by atoms with van der Waals surface area (Å²) in [6.45, 7) is 5.66. The van der Waals surface area contributed by atoms with Gasteiger partial charge in [0.25, 0.3) is 5.91 Å². The number of carbonyl (C=O) groups excluding carboxylic acids is 1. The van der Waals surface area contributed by atoms with Gasteiger partial charge >= 0.3 is 0 Å². The Hall–Kier alpha value is -1.35. The van der Waals surface area contributed by atoms with E-state index in [1.807, 2.05) is 18.2 Å². The second-order valence-corrected chi connectivity index (χ2v) is 3.86. The number of aliphatic hydroxyl groups excluding tert-OH is 1. The van der Waals surface area contributed by atoms with Crippen molar-refractivity contribution in [3.63, 3.8) is 0 Å². The lowest BCUT2D eigenvalue weighted by Gasteiger charge is -2.11. The van der Waals surface area contributed by atoms with Crippen LogP contribution in [-0.4, -0.2) is 17.1 Å². The summed E-state index contributed by atoms with van der Waals surface area (Å²) in [5, 5.41) is 11.8. The number of benzene rings is 1. The molecule has 3 nitrogen and oxygen atoms in total.